The number of hydrogen-bond acceptors (Lipinski definition) is 2. The molecule has 0 radical (unpaired) electrons. The zero-order chi connectivity index (χ0) is 14.8. The van der Waals surface area contributed by atoms with E-state index >= 15 is 0 Å². The van der Waals surface area contributed by atoms with E-state index in [1.165, 1.54) is 25.0 Å². The van der Waals surface area contributed by atoms with Gasteiger partial charge in [-0.25, -0.2) is 9.18 Å². The zero-order valence-corrected chi connectivity index (χ0v) is 12.2. The summed E-state index contributed by atoms with van der Waals surface area (Å²) >= 11 is 0. The summed E-state index contributed by atoms with van der Waals surface area (Å²) in [6.45, 7) is 6.28. The smallest absolute Gasteiger partial charge is 0.338 e. The van der Waals surface area contributed by atoms with Crippen LogP contribution in [0, 0.1) is 11.2 Å². The van der Waals surface area contributed by atoms with Gasteiger partial charge in [0.2, 0.25) is 0 Å². The van der Waals surface area contributed by atoms with E-state index in [0.717, 1.165) is 31.6 Å². The Labute approximate surface area is 119 Å². The van der Waals surface area contributed by atoms with Crippen LogP contribution in [0.5, 0.6) is 0 Å². The van der Waals surface area contributed by atoms with Crippen LogP contribution in [0.3, 0.4) is 0 Å². The highest BCUT2D eigenvalue weighted by Crippen LogP contribution is 2.42. The van der Waals surface area contributed by atoms with E-state index < -0.39 is 11.8 Å². The molecule has 0 saturated carbocycles. The summed E-state index contributed by atoms with van der Waals surface area (Å²) in [7, 11) is 0. The van der Waals surface area contributed by atoms with Crippen molar-refractivity contribution in [2.24, 2.45) is 5.41 Å². The van der Waals surface area contributed by atoms with E-state index in [1.807, 2.05) is 0 Å². The predicted molar refractivity (Wildman–Crippen MR) is 77.8 cm³/mol. The molecule has 0 aliphatic carbocycles. The van der Waals surface area contributed by atoms with Crippen molar-refractivity contribution in [3.8, 4) is 0 Å². The predicted octanol–water partition coefficient (Wildman–Crippen LogP) is 3.93. The van der Waals surface area contributed by atoms with Crippen LogP contribution < -0.4 is 4.90 Å². The van der Waals surface area contributed by atoms with Crippen molar-refractivity contribution in [3.63, 3.8) is 0 Å². The highest BCUT2D eigenvalue weighted by molar-refractivity contribution is 5.89. The van der Waals surface area contributed by atoms with Gasteiger partial charge in [-0.2, -0.15) is 0 Å². The van der Waals surface area contributed by atoms with Crippen LogP contribution in [-0.4, -0.2) is 24.2 Å². The minimum atomic E-state index is -1.21. The first-order valence-corrected chi connectivity index (χ1v) is 7.29. The number of benzene rings is 1. The molecule has 0 spiro atoms. The number of aromatic carboxylic acids is 1. The van der Waals surface area contributed by atoms with Crippen LogP contribution in [0.4, 0.5) is 10.1 Å². The van der Waals surface area contributed by atoms with Gasteiger partial charge in [0.25, 0.3) is 0 Å². The van der Waals surface area contributed by atoms with Gasteiger partial charge in [0.1, 0.15) is 5.82 Å². The third-order valence-corrected chi connectivity index (χ3v) is 4.16. The molecular weight excluding hydrogens is 257 g/mol. The lowest BCUT2D eigenvalue weighted by atomic mass is 9.72. The first-order chi connectivity index (χ1) is 9.51. The molecule has 1 aliphatic heterocycles. The van der Waals surface area contributed by atoms with Crippen LogP contribution in [0.25, 0.3) is 0 Å². The van der Waals surface area contributed by atoms with E-state index in [9.17, 15) is 9.18 Å². The Morgan fingerprint density at radius 3 is 2.40 bits per heavy atom. The molecule has 0 aromatic heterocycles. The molecule has 2 rings (SSSR count). The first kappa shape index (κ1) is 14.8. The Hall–Kier alpha value is -1.58. The molecule has 1 aromatic carbocycles. The van der Waals surface area contributed by atoms with Crippen LogP contribution in [0.2, 0.25) is 0 Å². The molecule has 4 heteroatoms. The molecule has 1 aromatic rings. The number of carboxylic acid groups (broad SMARTS) is 1. The Morgan fingerprint density at radius 2 is 1.90 bits per heavy atom. The van der Waals surface area contributed by atoms with Gasteiger partial charge >= 0.3 is 5.97 Å². The Morgan fingerprint density at radius 1 is 1.30 bits per heavy atom. The van der Waals surface area contributed by atoms with Crippen LogP contribution in [-0.2, 0) is 0 Å². The molecule has 1 aliphatic rings. The SMILES string of the molecule is CCCC1(CCC)CN(c2ccc(F)c(C(=O)O)c2)C1. The summed E-state index contributed by atoms with van der Waals surface area (Å²) in [5, 5.41) is 8.98. The van der Waals surface area contributed by atoms with Gasteiger partial charge in [-0.15, -0.1) is 0 Å². The van der Waals surface area contributed by atoms with Gasteiger partial charge in [0.05, 0.1) is 5.56 Å². The van der Waals surface area contributed by atoms with Gasteiger partial charge < -0.3 is 10.0 Å². The van der Waals surface area contributed by atoms with Gasteiger partial charge in [-0.05, 0) is 31.0 Å². The van der Waals surface area contributed by atoms with E-state index in [4.69, 9.17) is 5.11 Å². The summed E-state index contributed by atoms with van der Waals surface area (Å²) in [6, 6.07) is 4.36. The molecule has 1 heterocycles. The normalized spacial score (nSPS) is 16.9. The molecule has 1 saturated heterocycles. The summed E-state index contributed by atoms with van der Waals surface area (Å²) in [5.41, 5.74) is 0.930. The van der Waals surface area contributed by atoms with Crippen LogP contribution in [0.1, 0.15) is 49.9 Å². The highest BCUT2D eigenvalue weighted by Gasteiger charge is 2.41. The average molecular weight is 279 g/mol. The van der Waals surface area contributed by atoms with Crippen molar-refractivity contribution in [1.29, 1.82) is 0 Å². The number of carboxylic acids is 1. The molecule has 1 fully saturated rings. The zero-order valence-electron chi connectivity index (χ0n) is 12.2. The number of nitrogens with zero attached hydrogens (tertiary/aromatic N) is 1. The largest absolute Gasteiger partial charge is 0.478 e. The van der Waals surface area contributed by atoms with Crippen molar-refractivity contribution < 1.29 is 14.3 Å². The molecule has 20 heavy (non-hydrogen) atoms. The third kappa shape index (κ3) is 2.79. The summed E-state index contributed by atoms with van der Waals surface area (Å²) in [5.74, 6) is -1.88. The minimum Gasteiger partial charge on any atom is -0.478 e. The van der Waals surface area contributed by atoms with Gasteiger partial charge in [-0.3, -0.25) is 0 Å². The number of anilines is 1. The second-order valence-corrected chi connectivity index (χ2v) is 5.83. The molecule has 0 unspecified atom stereocenters. The Bertz CT molecular complexity index is 487. The second-order valence-electron chi connectivity index (χ2n) is 5.83. The lowest BCUT2D eigenvalue weighted by molar-refractivity contribution is 0.0692. The number of hydrogen-bond donors (Lipinski definition) is 1. The maximum absolute atomic E-state index is 13.4. The van der Waals surface area contributed by atoms with E-state index in [2.05, 4.69) is 18.7 Å². The molecule has 3 nitrogen and oxygen atoms in total. The lowest BCUT2D eigenvalue weighted by Gasteiger charge is -2.52. The maximum Gasteiger partial charge on any atom is 0.338 e. The third-order valence-electron chi connectivity index (χ3n) is 4.16. The van der Waals surface area contributed by atoms with Crippen molar-refractivity contribution in [3.05, 3.63) is 29.6 Å². The van der Waals surface area contributed by atoms with Crippen molar-refractivity contribution >= 4 is 11.7 Å². The van der Waals surface area contributed by atoms with E-state index in [-0.39, 0.29) is 5.56 Å². The molecule has 1 N–H and O–H groups in total. The van der Waals surface area contributed by atoms with Crippen molar-refractivity contribution in [1.82, 2.24) is 0 Å². The molecular formula is C16H22FNO2. The Kier molecular flexibility index (Phi) is 4.31. The number of halogens is 1. The fourth-order valence-electron chi connectivity index (χ4n) is 3.32. The average Bonchev–Trinajstić information content (AvgIpc) is 2.36. The summed E-state index contributed by atoms with van der Waals surface area (Å²) in [6.07, 6.45) is 4.73. The second kappa shape index (κ2) is 5.81. The number of carbonyl (C=O) groups is 1. The first-order valence-electron chi connectivity index (χ1n) is 7.29. The fraction of sp³-hybridized carbons (Fsp3) is 0.562. The van der Waals surface area contributed by atoms with Crippen LogP contribution in [0.15, 0.2) is 18.2 Å². The highest BCUT2D eigenvalue weighted by atomic mass is 19.1. The monoisotopic (exact) mass is 279 g/mol. The molecule has 110 valence electrons. The quantitative estimate of drug-likeness (QED) is 0.857. The Balaban J connectivity index is 2.12. The van der Waals surface area contributed by atoms with Crippen molar-refractivity contribution in [2.45, 2.75) is 39.5 Å². The van der Waals surface area contributed by atoms with E-state index in [1.54, 1.807) is 6.07 Å². The molecule has 0 amide bonds. The molecule has 0 atom stereocenters. The lowest BCUT2D eigenvalue weighted by Crippen LogP contribution is -2.56. The van der Waals surface area contributed by atoms with Gasteiger partial charge in [0.15, 0.2) is 0 Å². The van der Waals surface area contributed by atoms with Crippen molar-refractivity contribution in [2.75, 3.05) is 18.0 Å². The van der Waals surface area contributed by atoms with Gasteiger partial charge in [0, 0.05) is 24.2 Å². The number of rotatable bonds is 6. The van der Waals surface area contributed by atoms with Gasteiger partial charge in [-0.1, -0.05) is 26.7 Å². The fourth-order valence-corrected chi connectivity index (χ4v) is 3.32. The topological polar surface area (TPSA) is 40.5 Å². The van der Waals surface area contributed by atoms with E-state index in [0.29, 0.717) is 5.41 Å². The maximum atomic E-state index is 13.4. The summed E-state index contributed by atoms with van der Waals surface area (Å²) < 4.78 is 13.4. The summed E-state index contributed by atoms with van der Waals surface area (Å²) in [4.78, 5) is 13.1. The van der Waals surface area contributed by atoms with Crippen LogP contribution >= 0.6 is 0 Å². The standard InChI is InChI=1S/C16H22FNO2/c1-3-7-16(8-4-2)10-18(11-16)12-5-6-14(17)13(9-12)15(19)20/h5-6,9H,3-4,7-8,10-11H2,1-2H3,(H,19,20). The minimum absolute atomic E-state index is 0.244. The molecule has 0 bridgehead atoms.